The largest absolute Gasteiger partial charge is 0.362 e. The lowest BCUT2D eigenvalue weighted by molar-refractivity contribution is 0.0310. The number of hydrogen-bond acceptors (Lipinski definition) is 4. The van der Waals surface area contributed by atoms with Crippen LogP contribution in [0.3, 0.4) is 0 Å². The fourth-order valence-electron chi connectivity index (χ4n) is 1.72. The number of carbonyl (C=O) groups is 1. The topological polar surface area (TPSA) is 41.6 Å². The molecule has 18 heavy (non-hydrogen) atoms. The van der Waals surface area contributed by atoms with Crippen LogP contribution in [0.25, 0.3) is 0 Å². The number of benzene rings is 1. The van der Waals surface area contributed by atoms with E-state index in [0.29, 0.717) is 5.56 Å². The summed E-state index contributed by atoms with van der Waals surface area (Å²) in [4.78, 5) is 19.0. The van der Waals surface area contributed by atoms with Gasteiger partial charge in [0.05, 0.1) is 5.56 Å². The van der Waals surface area contributed by atoms with E-state index in [1.165, 1.54) is 0 Å². The second-order valence-corrected chi connectivity index (χ2v) is 4.60. The van der Waals surface area contributed by atoms with Crippen LogP contribution in [-0.4, -0.2) is 31.0 Å². The monoisotopic (exact) mass is 246 g/mol. The molecule has 1 aliphatic heterocycles. The number of hydrogen-bond donors (Lipinski definition) is 1. The van der Waals surface area contributed by atoms with Gasteiger partial charge < -0.3 is 9.74 Å². The lowest BCUT2D eigenvalue weighted by Crippen LogP contribution is -2.29. The minimum atomic E-state index is -0.352. The maximum Gasteiger partial charge on any atom is 0.362 e. The Kier molecular flexibility index (Phi) is 3.99. The van der Waals surface area contributed by atoms with Crippen molar-refractivity contribution in [3.63, 3.8) is 0 Å². The van der Waals surface area contributed by atoms with Gasteiger partial charge in [0.2, 0.25) is 0 Å². The first kappa shape index (κ1) is 12.6. The van der Waals surface area contributed by atoms with Gasteiger partial charge in [-0.2, -0.15) is 0 Å². The van der Waals surface area contributed by atoms with Crippen LogP contribution in [0.5, 0.6) is 0 Å². The van der Waals surface area contributed by atoms with E-state index in [1.807, 2.05) is 25.1 Å². The molecule has 0 radical (unpaired) electrons. The van der Waals surface area contributed by atoms with Gasteiger partial charge in [-0.1, -0.05) is 17.7 Å². The second kappa shape index (κ2) is 5.69. The lowest BCUT2D eigenvalue weighted by atomic mass is 10.2. The van der Waals surface area contributed by atoms with Crippen molar-refractivity contribution in [1.82, 2.24) is 10.4 Å². The molecule has 1 aromatic rings. The van der Waals surface area contributed by atoms with Gasteiger partial charge in [0, 0.05) is 25.2 Å². The molecule has 0 fully saturated rings. The Morgan fingerprint density at radius 1 is 1.33 bits per heavy atom. The molecule has 0 saturated heterocycles. The first-order valence-electron chi connectivity index (χ1n) is 6.06. The van der Waals surface area contributed by atoms with E-state index in [-0.39, 0.29) is 5.97 Å². The molecule has 0 aromatic heterocycles. The molecule has 0 bridgehead atoms. The molecule has 2 rings (SSSR count). The highest BCUT2D eigenvalue weighted by Crippen LogP contribution is 2.08. The van der Waals surface area contributed by atoms with E-state index >= 15 is 0 Å². The number of nitrogens with zero attached hydrogens (tertiary/aromatic N) is 1. The third-order valence-corrected chi connectivity index (χ3v) is 2.97. The maximum atomic E-state index is 11.7. The van der Waals surface area contributed by atoms with Crippen LogP contribution in [0.4, 0.5) is 0 Å². The molecule has 4 nitrogen and oxygen atoms in total. The Morgan fingerprint density at radius 3 is 2.67 bits per heavy atom. The van der Waals surface area contributed by atoms with Gasteiger partial charge in [-0.15, -0.1) is 0 Å². The molecule has 0 aliphatic carbocycles. The fourth-order valence-corrected chi connectivity index (χ4v) is 1.72. The smallest absolute Gasteiger partial charge is 0.338 e. The molecule has 0 amide bonds. The Bertz CT molecular complexity index is 451. The van der Waals surface area contributed by atoms with Crippen molar-refractivity contribution in [3.8, 4) is 0 Å². The van der Waals surface area contributed by atoms with Crippen LogP contribution >= 0.6 is 0 Å². The number of rotatable bonds is 3. The average molecular weight is 246 g/mol. The zero-order valence-corrected chi connectivity index (χ0v) is 10.8. The lowest BCUT2D eigenvalue weighted by Gasteiger charge is -2.22. The standard InChI is InChI=1S/C14H18N2O2/c1-11-3-5-12(6-4-11)14(17)18-15-13-7-9-16(2)10-8-13/h3-7,15H,8-10H2,1-2H3. The molecule has 96 valence electrons. The van der Waals surface area contributed by atoms with Crippen molar-refractivity contribution in [1.29, 1.82) is 0 Å². The van der Waals surface area contributed by atoms with Gasteiger partial charge in [-0.05, 0) is 32.2 Å². The molecular weight excluding hydrogens is 228 g/mol. The summed E-state index contributed by atoms with van der Waals surface area (Å²) < 4.78 is 0. The van der Waals surface area contributed by atoms with E-state index < -0.39 is 0 Å². The Labute approximate surface area is 107 Å². The van der Waals surface area contributed by atoms with E-state index in [2.05, 4.69) is 17.4 Å². The van der Waals surface area contributed by atoms with Crippen molar-refractivity contribution in [2.45, 2.75) is 13.3 Å². The molecule has 1 N–H and O–H groups in total. The third-order valence-electron chi connectivity index (χ3n) is 2.97. The van der Waals surface area contributed by atoms with Crippen molar-refractivity contribution >= 4 is 5.97 Å². The molecule has 1 aromatic carbocycles. The van der Waals surface area contributed by atoms with E-state index in [0.717, 1.165) is 30.8 Å². The first-order valence-corrected chi connectivity index (χ1v) is 6.06. The Hall–Kier alpha value is -1.81. The van der Waals surface area contributed by atoms with Gasteiger partial charge >= 0.3 is 5.97 Å². The van der Waals surface area contributed by atoms with Gasteiger partial charge in [-0.3, -0.25) is 0 Å². The maximum absolute atomic E-state index is 11.7. The molecule has 0 unspecified atom stereocenters. The van der Waals surface area contributed by atoms with Crippen LogP contribution in [-0.2, 0) is 4.84 Å². The summed E-state index contributed by atoms with van der Waals surface area (Å²) >= 11 is 0. The predicted octanol–water partition coefficient (Wildman–Crippen LogP) is 1.88. The summed E-state index contributed by atoms with van der Waals surface area (Å²) in [5.41, 5.74) is 5.39. The van der Waals surface area contributed by atoms with Crippen LogP contribution in [0.15, 0.2) is 36.0 Å². The molecule has 4 heteroatoms. The summed E-state index contributed by atoms with van der Waals surface area (Å²) in [6.07, 6.45) is 2.91. The Balaban J connectivity index is 1.87. The number of likely N-dealkylation sites (N-methyl/N-ethyl adjacent to an activating group) is 1. The second-order valence-electron chi connectivity index (χ2n) is 4.60. The molecule has 1 heterocycles. The number of carbonyl (C=O) groups excluding carboxylic acids is 1. The van der Waals surface area contributed by atoms with Crippen molar-refractivity contribution in [2.75, 3.05) is 20.1 Å². The summed E-state index contributed by atoms with van der Waals surface area (Å²) in [6.45, 7) is 3.84. The normalized spacial score (nSPS) is 16.0. The van der Waals surface area contributed by atoms with Crippen molar-refractivity contribution < 1.29 is 9.63 Å². The molecule has 0 atom stereocenters. The average Bonchev–Trinajstić information content (AvgIpc) is 2.38. The highest BCUT2D eigenvalue weighted by Gasteiger charge is 2.11. The Morgan fingerprint density at radius 2 is 2.06 bits per heavy atom. The van der Waals surface area contributed by atoms with Gasteiger partial charge in [0.1, 0.15) is 0 Å². The number of nitrogens with one attached hydrogen (secondary N) is 1. The SMILES string of the molecule is Cc1ccc(C(=O)ONC2=CCN(C)CC2)cc1. The summed E-state index contributed by atoms with van der Waals surface area (Å²) in [6, 6.07) is 7.32. The summed E-state index contributed by atoms with van der Waals surface area (Å²) in [5, 5.41) is 0. The molecular formula is C14H18N2O2. The number of hydroxylamine groups is 1. The van der Waals surface area contributed by atoms with Crippen molar-refractivity contribution in [2.24, 2.45) is 0 Å². The fraction of sp³-hybridized carbons (Fsp3) is 0.357. The van der Waals surface area contributed by atoms with E-state index in [9.17, 15) is 4.79 Å². The number of aryl methyl sites for hydroxylation is 1. The predicted molar refractivity (Wildman–Crippen MR) is 69.9 cm³/mol. The quantitative estimate of drug-likeness (QED) is 0.827. The van der Waals surface area contributed by atoms with Gasteiger partial charge in [0.25, 0.3) is 0 Å². The molecule has 0 saturated carbocycles. The summed E-state index contributed by atoms with van der Waals surface area (Å²) in [5.74, 6) is -0.352. The summed E-state index contributed by atoms with van der Waals surface area (Å²) in [7, 11) is 2.06. The highest BCUT2D eigenvalue weighted by atomic mass is 16.7. The third kappa shape index (κ3) is 3.34. The van der Waals surface area contributed by atoms with E-state index in [4.69, 9.17) is 4.84 Å². The van der Waals surface area contributed by atoms with Crippen molar-refractivity contribution in [3.05, 3.63) is 47.2 Å². The molecule has 0 spiro atoms. The highest BCUT2D eigenvalue weighted by molar-refractivity contribution is 5.89. The minimum absolute atomic E-state index is 0.352. The van der Waals surface area contributed by atoms with Crippen LogP contribution in [0.1, 0.15) is 22.3 Å². The zero-order chi connectivity index (χ0) is 13.0. The van der Waals surface area contributed by atoms with Gasteiger partial charge in [-0.25, -0.2) is 10.3 Å². The zero-order valence-electron chi connectivity index (χ0n) is 10.8. The minimum Gasteiger partial charge on any atom is -0.338 e. The molecule has 1 aliphatic rings. The van der Waals surface area contributed by atoms with Gasteiger partial charge in [0.15, 0.2) is 0 Å². The van der Waals surface area contributed by atoms with Crippen LogP contribution in [0, 0.1) is 6.92 Å². The first-order chi connectivity index (χ1) is 8.65. The van der Waals surface area contributed by atoms with Crippen LogP contribution in [0.2, 0.25) is 0 Å². The van der Waals surface area contributed by atoms with Crippen LogP contribution < -0.4 is 5.48 Å². The van der Waals surface area contributed by atoms with E-state index in [1.54, 1.807) is 12.1 Å².